The smallest absolute Gasteiger partial charge is 0.227 e. The van der Waals surface area contributed by atoms with Gasteiger partial charge in [0.15, 0.2) is 11.6 Å². The molecule has 1 N–H and O–H groups in total. The topological polar surface area (TPSA) is 47.0 Å². The van der Waals surface area contributed by atoms with Crippen molar-refractivity contribution in [2.75, 3.05) is 12.4 Å². The van der Waals surface area contributed by atoms with Gasteiger partial charge in [0.2, 0.25) is 5.95 Å². The average Bonchev–Trinajstić information content (AvgIpc) is 3.02. The van der Waals surface area contributed by atoms with E-state index in [9.17, 15) is 4.39 Å². The third-order valence-electron chi connectivity index (χ3n) is 3.17. The van der Waals surface area contributed by atoms with Gasteiger partial charge < -0.3 is 10.1 Å². The number of anilines is 2. The number of thiophene rings is 1. The van der Waals surface area contributed by atoms with Gasteiger partial charge in [-0.1, -0.05) is 0 Å². The number of nitrogens with zero attached hydrogens (tertiary/aromatic N) is 2. The van der Waals surface area contributed by atoms with Crippen molar-refractivity contribution in [1.29, 1.82) is 0 Å². The van der Waals surface area contributed by atoms with E-state index < -0.39 is 5.82 Å². The summed E-state index contributed by atoms with van der Waals surface area (Å²) in [5.74, 6) is 0.285. The van der Waals surface area contributed by atoms with Crippen molar-refractivity contribution in [1.82, 2.24) is 9.97 Å². The van der Waals surface area contributed by atoms with Gasteiger partial charge in [-0.25, -0.2) is 14.4 Å². The van der Waals surface area contributed by atoms with Crippen LogP contribution in [0.15, 0.2) is 41.2 Å². The zero-order chi connectivity index (χ0) is 15.5. The Kier molecular flexibility index (Phi) is 4.02. The molecule has 0 spiro atoms. The first-order valence-corrected chi connectivity index (χ1v) is 7.58. The maximum atomic E-state index is 13.9. The van der Waals surface area contributed by atoms with E-state index in [0.29, 0.717) is 17.2 Å². The van der Waals surface area contributed by atoms with Gasteiger partial charge in [0.05, 0.1) is 18.5 Å². The van der Waals surface area contributed by atoms with Crippen LogP contribution in [-0.2, 0) is 0 Å². The van der Waals surface area contributed by atoms with Gasteiger partial charge in [-0.3, -0.25) is 0 Å². The van der Waals surface area contributed by atoms with Gasteiger partial charge in [0.25, 0.3) is 0 Å². The van der Waals surface area contributed by atoms with Crippen molar-refractivity contribution < 1.29 is 9.13 Å². The summed E-state index contributed by atoms with van der Waals surface area (Å²) in [6.07, 6.45) is 1.72. The lowest BCUT2D eigenvalue weighted by atomic mass is 10.1. The molecule has 0 bridgehead atoms. The predicted molar refractivity (Wildman–Crippen MR) is 86.3 cm³/mol. The van der Waals surface area contributed by atoms with Crippen LogP contribution in [0.25, 0.3) is 11.3 Å². The summed E-state index contributed by atoms with van der Waals surface area (Å²) in [6.45, 7) is 1.89. The second-order valence-corrected chi connectivity index (χ2v) is 5.49. The molecule has 1 aromatic carbocycles. The van der Waals surface area contributed by atoms with Crippen LogP contribution >= 0.6 is 11.3 Å². The van der Waals surface area contributed by atoms with Gasteiger partial charge in [0, 0.05) is 17.1 Å². The Morgan fingerprint density at radius 2 is 2.14 bits per heavy atom. The van der Waals surface area contributed by atoms with Crippen molar-refractivity contribution in [2.45, 2.75) is 6.92 Å². The largest absolute Gasteiger partial charge is 0.494 e. The molecule has 4 nitrogen and oxygen atoms in total. The quantitative estimate of drug-likeness (QED) is 0.775. The highest BCUT2D eigenvalue weighted by Gasteiger charge is 2.10. The summed E-state index contributed by atoms with van der Waals surface area (Å²) in [5, 5.41) is 7.06. The van der Waals surface area contributed by atoms with Crippen molar-refractivity contribution in [3.05, 3.63) is 52.6 Å². The van der Waals surface area contributed by atoms with E-state index in [0.717, 1.165) is 11.3 Å². The van der Waals surface area contributed by atoms with Gasteiger partial charge in [-0.15, -0.1) is 0 Å². The van der Waals surface area contributed by atoms with Crippen LogP contribution < -0.4 is 10.1 Å². The van der Waals surface area contributed by atoms with E-state index in [4.69, 9.17) is 4.74 Å². The Hall–Kier alpha value is -2.47. The molecule has 0 atom stereocenters. The van der Waals surface area contributed by atoms with Crippen LogP contribution in [-0.4, -0.2) is 17.1 Å². The number of rotatable bonds is 4. The predicted octanol–water partition coefficient (Wildman–Crippen LogP) is 4.40. The van der Waals surface area contributed by atoms with Crippen LogP contribution in [0, 0.1) is 12.7 Å². The first kappa shape index (κ1) is 14.5. The fraction of sp³-hybridized carbons (Fsp3) is 0.125. The maximum Gasteiger partial charge on any atom is 0.227 e. The molecule has 0 amide bonds. The summed E-state index contributed by atoms with van der Waals surface area (Å²) in [4.78, 5) is 8.75. The molecule has 0 unspecified atom stereocenters. The molecule has 0 fully saturated rings. The SMILES string of the molecule is COc1ccc(-c2nc(Nc3ccsc3)ncc2C)cc1F. The normalized spacial score (nSPS) is 10.5. The number of halogens is 1. The molecular weight excluding hydrogens is 301 g/mol. The standard InChI is InChI=1S/C16H14FN3OS/c1-10-8-18-16(19-12-5-6-22-9-12)20-15(10)11-3-4-14(21-2)13(17)7-11/h3-9H,1-2H3,(H,18,19,20). The molecule has 0 radical (unpaired) electrons. The van der Waals surface area contributed by atoms with Crippen molar-refractivity contribution in [3.63, 3.8) is 0 Å². The lowest BCUT2D eigenvalue weighted by Gasteiger charge is -2.09. The fourth-order valence-corrected chi connectivity index (χ4v) is 2.66. The van der Waals surface area contributed by atoms with Crippen molar-refractivity contribution >= 4 is 23.0 Å². The number of aryl methyl sites for hydroxylation is 1. The zero-order valence-corrected chi connectivity index (χ0v) is 12.9. The van der Waals surface area contributed by atoms with E-state index >= 15 is 0 Å². The number of nitrogens with one attached hydrogen (secondary N) is 1. The molecule has 22 heavy (non-hydrogen) atoms. The number of ether oxygens (including phenoxy) is 1. The highest BCUT2D eigenvalue weighted by molar-refractivity contribution is 7.08. The molecule has 0 aliphatic rings. The van der Waals surface area contributed by atoms with E-state index in [1.54, 1.807) is 29.7 Å². The van der Waals surface area contributed by atoms with E-state index in [1.165, 1.54) is 13.2 Å². The molecule has 3 aromatic rings. The Morgan fingerprint density at radius 3 is 2.82 bits per heavy atom. The Morgan fingerprint density at radius 1 is 1.27 bits per heavy atom. The minimum Gasteiger partial charge on any atom is -0.494 e. The molecule has 2 aromatic heterocycles. The number of hydrogen-bond acceptors (Lipinski definition) is 5. The molecule has 0 aliphatic heterocycles. The average molecular weight is 315 g/mol. The number of aromatic nitrogens is 2. The summed E-state index contributed by atoms with van der Waals surface area (Å²) in [6, 6.07) is 6.74. The third kappa shape index (κ3) is 2.92. The van der Waals surface area contributed by atoms with Gasteiger partial charge in [-0.2, -0.15) is 11.3 Å². The minimum atomic E-state index is -0.412. The molecule has 2 heterocycles. The number of benzene rings is 1. The second kappa shape index (κ2) is 6.11. The van der Waals surface area contributed by atoms with Crippen molar-refractivity contribution in [3.8, 4) is 17.0 Å². The zero-order valence-electron chi connectivity index (χ0n) is 12.1. The number of methoxy groups -OCH3 is 1. The fourth-order valence-electron chi connectivity index (χ4n) is 2.07. The summed E-state index contributed by atoms with van der Waals surface area (Å²) >= 11 is 1.59. The van der Waals surface area contributed by atoms with Gasteiger partial charge in [-0.05, 0) is 42.1 Å². The van der Waals surface area contributed by atoms with Crippen LogP contribution in [0.2, 0.25) is 0 Å². The Labute approximate surface area is 131 Å². The maximum absolute atomic E-state index is 13.9. The van der Waals surface area contributed by atoms with Crippen LogP contribution in [0.4, 0.5) is 16.0 Å². The summed E-state index contributed by atoms with van der Waals surface area (Å²) in [5.41, 5.74) is 3.18. The van der Waals surface area contributed by atoms with E-state index in [1.807, 2.05) is 23.8 Å². The highest BCUT2D eigenvalue weighted by Crippen LogP contribution is 2.27. The van der Waals surface area contributed by atoms with Crippen LogP contribution in [0.1, 0.15) is 5.56 Å². The van der Waals surface area contributed by atoms with Gasteiger partial charge in [0.1, 0.15) is 0 Å². The van der Waals surface area contributed by atoms with E-state index in [-0.39, 0.29) is 5.75 Å². The molecular formula is C16H14FN3OS. The molecule has 0 aliphatic carbocycles. The van der Waals surface area contributed by atoms with E-state index in [2.05, 4.69) is 15.3 Å². The highest BCUT2D eigenvalue weighted by atomic mass is 32.1. The first-order valence-electron chi connectivity index (χ1n) is 6.64. The third-order valence-corrected chi connectivity index (χ3v) is 3.86. The number of hydrogen-bond donors (Lipinski definition) is 1. The lowest BCUT2D eigenvalue weighted by Crippen LogP contribution is -1.99. The Balaban J connectivity index is 1.97. The molecule has 3 rings (SSSR count). The molecule has 6 heteroatoms. The van der Waals surface area contributed by atoms with Crippen molar-refractivity contribution in [2.24, 2.45) is 0 Å². The first-order chi connectivity index (χ1) is 10.7. The monoisotopic (exact) mass is 315 g/mol. The Bertz CT molecular complexity index is 790. The van der Waals surface area contributed by atoms with Crippen LogP contribution in [0.3, 0.4) is 0 Å². The summed E-state index contributed by atoms with van der Waals surface area (Å²) in [7, 11) is 1.44. The minimum absolute atomic E-state index is 0.215. The summed E-state index contributed by atoms with van der Waals surface area (Å²) < 4.78 is 18.8. The lowest BCUT2D eigenvalue weighted by molar-refractivity contribution is 0.386. The molecule has 0 saturated carbocycles. The molecule has 0 saturated heterocycles. The van der Waals surface area contributed by atoms with Gasteiger partial charge >= 0.3 is 0 Å². The van der Waals surface area contributed by atoms with Crippen LogP contribution in [0.5, 0.6) is 5.75 Å². The second-order valence-electron chi connectivity index (χ2n) is 4.71. The molecule has 112 valence electrons.